The standard InChI is InChI=1S/C31H41ClN2O5S/c1-5-7-20-39-29(38)24-23-27(36)34(18-10-8-9-11-19-35)26(31(23)16-15-30(24,4)40-31)28(37)33(17-6-2)25-21(3)13-12-14-22(25)32/h5-6,12-14,23-24,26,35H,1-2,7-11,15-20H2,3-4H3/t23-,24+,26?,30-,31?/m0/s1. The van der Waals surface area contributed by atoms with E-state index in [0.29, 0.717) is 42.9 Å². The predicted octanol–water partition coefficient (Wildman–Crippen LogP) is 5.32. The van der Waals surface area contributed by atoms with Crippen LogP contribution in [0.5, 0.6) is 0 Å². The van der Waals surface area contributed by atoms with Crippen LogP contribution in [-0.4, -0.2) is 69.6 Å². The highest BCUT2D eigenvalue weighted by Gasteiger charge is 2.77. The van der Waals surface area contributed by atoms with E-state index in [4.69, 9.17) is 16.3 Å². The summed E-state index contributed by atoms with van der Waals surface area (Å²) in [4.78, 5) is 45.8. The van der Waals surface area contributed by atoms with Gasteiger partial charge in [-0.1, -0.05) is 48.7 Å². The first-order valence-electron chi connectivity index (χ1n) is 14.2. The van der Waals surface area contributed by atoms with Crippen LogP contribution < -0.4 is 4.90 Å². The number of rotatable bonds is 14. The van der Waals surface area contributed by atoms with E-state index in [1.54, 1.807) is 39.8 Å². The Hall–Kier alpha value is -2.29. The number of hydrogen-bond acceptors (Lipinski definition) is 6. The summed E-state index contributed by atoms with van der Waals surface area (Å²) in [5.74, 6) is -1.95. The first-order valence-corrected chi connectivity index (χ1v) is 15.4. The van der Waals surface area contributed by atoms with Crippen molar-refractivity contribution in [3.05, 3.63) is 54.1 Å². The number of benzene rings is 1. The SMILES string of the molecule is C=CCCOC(=O)[C@H]1[C@H]2C(=O)N(CCCCCCO)C(C(=O)N(CC=C)c3c(C)cccc3Cl)C23CC[C@]1(C)S3. The number of fused-ring (bicyclic) bond motifs is 1. The Bertz CT molecular complexity index is 1140. The zero-order valence-corrected chi connectivity index (χ0v) is 25.1. The van der Waals surface area contributed by atoms with Crippen molar-refractivity contribution in [1.82, 2.24) is 4.90 Å². The summed E-state index contributed by atoms with van der Waals surface area (Å²) < 4.78 is 4.42. The Kier molecular flexibility index (Phi) is 9.74. The van der Waals surface area contributed by atoms with E-state index in [2.05, 4.69) is 13.2 Å². The van der Waals surface area contributed by atoms with Gasteiger partial charge in [-0.15, -0.1) is 24.9 Å². The number of aliphatic hydroxyl groups is 1. The third-order valence-electron chi connectivity index (χ3n) is 8.67. The van der Waals surface area contributed by atoms with Crippen molar-refractivity contribution in [2.45, 2.75) is 74.3 Å². The van der Waals surface area contributed by atoms with E-state index >= 15 is 0 Å². The number of carbonyl (C=O) groups excluding carboxylic acids is 3. The van der Waals surface area contributed by atoms with Gasteiger partial charge in [0.1, 0.15) is 6.04 Å². The van der Waals surface area contributed by atoms with Crippen molar-refractivity contribution in [2.24, 2.45) is 11.8 Å². The Morgan fingerprint density at radius 1 is 1.23 bits per heavy atom. The van der Waals surface area contributed by atoms with E-state index in [0.717, 1.165) is 24.8 Å². The maximum Gasteiger partial charge on any atom is 0.311 e. The van der Waals surface area contributed by atoms with E-state index in [9.17, 15) is 19.5 Å². The summed E-state index contributed by atoms with van der Waals surface area (Å²) in [5, 5.41) is 9.64. The molecule has 5 atom stereocenters. The molecule has 0 radical (unpaired) electrons. The summed E-state index contributed by atoms with van der Waals surface area (Å²) in [7, 11) is 0. The maximum absolute atomic E-state index is 14.7. The number of halogens is 1. The fourth-order valence-corrected chi connectivity index (χ4v) is 9.58. The second kappa shape index (κ2) is 12.7. The Morgan fingerprint density at radius 3 is 2.65 bits per heavy atom. The van der Waals surface area contributed by atoms with Crippen LogP contribution in [0.25, 0.3) is 0 Å². The number of thioether (sulfide) groups is 1. The molecule has 0 aliphatic carbocycles. The average Bonchev–Trinajstić information content (AvgIpc) is 3.48. The number of anilines is 1. The molecule has 3 aliphatic rings. The molecule has 1 spiro atoms. The van der Waals surface area contributed by atoms with Crippen molar-refractivity contribution < 1.29 is 24.2 Å². The monoisotopic (exact) mass is 588 g/mol. The van der Waals surface area contributed by atoms with Gasteiger partial charge in [0, 0.05) is 24.4 Å². The van der Waals surface area contributed by atoms with E-state index in [1.807, 2.05) is 26.0 Å². The molecule has 1 N–H and O–H groups in total. The molecule has 7 nitrogen and oxygen atoms in total. The molecule has 2 unspecified atom stereocenters. The molecule has 3 fully saturated rings. The van der Waals surface area contributed by atoms with Crippen LogP contribution in [0.2, 0.25) is 5.02 Å². The van der Waals surface area contributed by atoms with Gasteiger partial charge in [0.05, 0.1) is 33.9 Å². The molecule has 1 aromatic carbocycles. The lowest BCUT2D eigenvalue weighted by Crippen LogP contribution is -2.55. The largest absolute Gasteiger partial charge is 0.465 e. The predicted molar refractivity (Wildman–Crippen MR) is 161 cm³/mol. The number of aliphatic hydroxyl groups excluding tert-OH is 1. The van der Waals surface area contributed by atoms with Gasteiger partial charge in [-0.2, -0.15) is 0 Å². The number of aryl methyl sites for hydroxylation is 1. The van der Waals surface area contributed by atoms with E-state index in [-0.39, 0.29) is 37.5 Å². The minimum atomic E-state index is -0.740. The molecule has 3 heterocycles. The van der Waals surface area contributed by atoms with Crippen LogP contribution in [0.3, 0.4) is 0 Å². The van der Waals surface area contributed by atoms with Crippen molar-refractivity contribution in [1.29, 1.82) is 0 Å². The number of likely N-dealkylation sites (tertiary alicyclic amines) is 1. The molecule has 2 bridgehead atoms. The number of amides is 2. The molecule has 0 saturated carbocycles. The zero-order chi connectivity index (χ0) is 29.1. The highest BCUT2D eigenvalue weighted by Crippen LogP contribution is 2.71. The Labute approximate surface area is 246 Å². The van der Waals surface area contributed by atoms with Crippen LogP contribution in [-0.2, 0) is 19.1 Å². The topological polar surface area (TPSA) is 87.1 Å². The van der Waals surface area contributed by atoms with Crippen molar-refractivity contribution in [3.8, 4) is 0 Å². The molecule has 4 rings (SSSR count). The number of unbranched alkanes of at least 4 members (excludes halogenated alkanes) is 3. The number of para-hydroxylation sites is 1. The van der Waals surface area contributed by atoms with Crippen LogP contribution >= 0.6 is 23.4 Å². The minimum Gasteiger partial charge on any atom is -0.465 e. The van der Waals surface area contributed by atoms with Crippen molar-refractivity contribution >= 4 is 46.8 Å². The average molecular weight is 589 g/mol. The van der Waals surface area contributed by atoms with Crippen LogP contribution in [0.15, 0.2) is 43.5 Å². The third-order valence-corrected chi connectivity index (χ3v) is 11.0. The van der Waals surface area contributed by atoms with Crippen LogP contribution in [0.1, 0.15) is 57.4 Å². The van der Waals surface area contributed by atoms with Gasteiger partial charge in [0.2, 0.25) is 5.91 Å². The second-order valence-electron chi connectivity index (χ2n) is 11.3. The van der Waals surface area contributed by atoms with Crippen molar-refractivity contribution in [2.75, 3.05) is 31.2 Å². The fraction of sp³-hybridized carbons (Fsp3) is 0.581. The van der Waals surface area contributed by atoms with Crippen LogP contribution in [0, 0.1) is 18.8 Å². The third kappa shape index (κ3) is 5.35. The van der Waals surface area contributed by atoms with Gasteiger partial charge in [-0.3, -0.25) is 14.4 Å². The lowest BCUT2D eigenvalue weighted by molar-refractivity contribution is -0.155. The fourth-order valence-electron chi connectivity index (χ4n) is 6.92. The molecule has 3 saturated heterocycles. The highest BCUT2D eigenvalue weighted by molar-refractivity contribution is 8.02. The van der Waals surface area contributed by atoms with Gasteiger partial charge in [-0.05, 0) is 57.6 Å². The summed E-state index contributed by atoms with van der Waals surface area (Å²) in [6.45, 7) is 12.6. The van der Waals surface area contributed by atoms with Crippen molar-refractivity contribution in [3.63, 3.8) is 0 Å². The normalized spacial score (nSPS) is 28.4. The van der Waals surface area contributed by atoms with Crippen LogP contribution in [0.4, 0.5) is 5.69 Å². The second-order valence-corrected chi connectivity index (χ2v) is 13.6. The molecular weight excluding hydrogens is 548 g/mol. The number of ether oxygens (including phenoxy) is 1. The number of nitrogens with zero attached hydrogens (tertiary/aromatic N) is 2. The Balaban J connectivity index is 1.74. The lowest BCUT2D eigenvalue weighted by Gasteiger charge is -2.37. The molecular formula is C31H41ClN2O5S. The maximum atomic E-state index is 14.7. The van der Waals surface area contributed by atoms with E-state index in [1.165, 1.54) is 0 Å². The van der Waals surface area contributed by atoms with E-state index < -0.39 is 27.4 Å². The minimum absolute atomic E-state index is 0.132. The molecule has 218 valence electrons. The number of esters is 1. The molecule has 3 aliphatic heterocycles. The number of hydrogen-bond donors (Lipinski definition) is 1. The molecule has 1 aromatic rings. The molecule has 9 heteroatoms. The first kappa shape index (κ1) is 30.7. The quantitative estimate of drug-likeness (QED) is 0.180. The summed E-state index contributed by atoms with van der Waals surface area (Å²) in [6, 6.07) is 4.79. The van der Waals surface area contributed by atoms with Gasteiger partial charge < -0.3 is 19.6 Å². The molecule has 2 amide bonds. The van der Waals surface area contributed by atoms with Gasteiger partial charge in [0.15, 0.2) is 0 Å². The summed E-state index contributed by atoms with van der Waals surface area (Å²) in [5.41, 5.74) is 1.48. The molecule has 40 heavy (non-hydrogen) atoms. The zero-order valence-electron chi connectivity index (χ0n) is 23.6. The first-order chi connectivity index (χ1) is 19.2. The summed E-state index contributed by atoms with van der Waals surface area (Å²) >= 11 is 8.28. The smallest absolute Gasteiger partial charge is 0.311 e. The summed E-state index contributed by atoms with van der Waals surface area (Å²) in [6.07, 6.45) is 8.40. The van der Waals surface area contributed by atoms with Gasteiger partial charge in [0.25, 0.3) is 5.91 Å². The Morgan fingerprint density at radius 2 is 1.98 bits per heavy atom. The highest BCUT2D eigenvalue weighted by atomic mass is 35.5. The lowest BCUT2D eigenvalue weighted by atomic mass is 9.66. The van der Waals surface area contributed by atoms with Gasteiger partial charge >= 0.3 is 5.97 Å². The van der Waals surface area contributed by atoms with Gasteiger partial charge in [-0.25, -0.2) is 0 Å². The number of carbonyl (C=O) groups is 3. The molecule has 0 aromatic heterocycles.